The number of carbonyl (C=O) groups excluding carboxylic acids is 1. The first kappa shape index (κ1) is 10.8. The minimum atomic E-state index is 0.194. The summed E-state index contributed by atoms with van der Waals surface area (Å²) in [6.07, 6.45) is 5.32. The van der Waals surface area contributed by atoms with Gasteiger partial charge in [-0.2, -0.15) is 0 Å². The number of rotatable bonds is 1. The monoisotopic (exact) mass is 221 g/mol. The highest BCUT2D eigenvalue weighted by molar-refractivity contribution is 5.82. The van der Waals surface area contributed by atoms with Crippen LogP contribution in [-0.4, -0.2) is 30.3 Å². The maximum Gasteiger partial charge on any atom is 0.146 e. The Morgan fingerprint density at radius 1 is 1.25 bits per heavy atom. The van der Waals surface area contributed by atoms with Gasteiger partial charge in [-0.25, -0.2) is 0 Å². The number of hydrogen-bond donors (Lipinski definition) is 0. The third kappa shape index (κ3) is 0.848. The molecule has 1 heterocycles. The minimum Gasteiger partial charge on any atom is -0.298 e. The van der Waals surface area contributed by atoms with Gasteiger partial charge in [-0.15, -0.1) is 0 Å². The summed E-state index contributed by atoms with van der Waals surface area (Å²) in [5, 5.41) is 0. The first-order valence-corrected chi connectivity index (χ1v) is 6.59. The van der Waals surface area contributed by atoms with Crippen LogP contribution in [0.5, 0.6) is 0 Å². The fourth-order valence-corrected chi connectivity index (χ4v) is 5.23. The Morgan fingerprint density at radius 3 is 2.19 bits per heavy atom. The van der Waals surface area contributed by atoms with Crippen LogP contribution in [0.4, 0.5) is 0 Å². The summed E-state index contributed by atoms with van der Waals surface area (Å²) in [5.74, 6) is 0.358. The van der Waals surface area contributed by atoms with Crippen LogP contribution in [0.2, 0.25) is 0 Å². The van der Waals surface area contributed by atoms with Crippen molar-refractivity contribution in [2.75, 3.05) is 13.6 Å². The molecular formula is C14H23NO. The van der Waals surface area contributed by atoms with E-state index in [1.807, 2.05) is 0 Å². The van der Waals surface area contributed by atoms with E-state index in [0.717, 1.165) is 13.0 Å². The molecule has 1 aliphatic heterocycles. The highest BCUT2D eigenvalue weighted by Gasteiger charge is 2.84. The van der Waals surface area contributed by atoms with Crippen LogP contribution >= 0.6 is 0 Å². The van der Waals surface area contributed by atoms with E-state index in [4.69, 9.17) is 0 Å². The van der Waals surface area contributed by atoms with Gasteiger partial charge in [-0.3, -0.25) is 9.69 Å². The molecule has 2 atom stereocenters. The predicted octanol–water partition coefficient (Wildman–Crippen LogP) is 2.48. The number of nitrogens with zero attached hydrogens (tertiary/aromatic N) is 1. The van der Waals surface area contributed by atoms with Crippen LogP contribution < -0.4 is 0 Å². The van der Waals surface area contributed by atoms with Gasteiger partial charge in [0.15, 0.2) is 0 Å². The van der Waals surface area contributed by atoms with E-state index in [-0.39, 0.29) is 6.04 Å². The molecule has 0 N–H and O–H groups in total. The number of fused-ring (bicyclic) bond motifs is 1. The van der Waals surface area contributed by atoms with Gasteiger partial charge in [0.05, 0.1) is 6.04 Å². The molecule has 3 rings (SSSR count). The Hall–Kier alpha value is -0.370. The maximum atomic E-state index is 11.7. The lowest BCUT2D eigenvalue weighted by Crippen LogP contribution is -2.31. The van der Waals surface area contributed by atoms with Crippen molar-refractivity contribution >= 4 is 5.78 Å². The fourth-order valence-electron chi connectivity index (χ4n) is 5.23. The maximum absolute atomic E-state index is 11.7. The van der Waals surface area contributed by atoms with E-state index in [9.17, 15) is 4.79 Å². The average Bonchev–Trinajstić information content (AvgIpc) is 2.38. The quantitative estimate of drug-likeness (QED) is 0.678. The number of likely N-dealkylation sites (N-methyl/N-ethyl adjacent to an activating group) is 1. The van der Waals surface area contributed by atoms with E-state index in [0.29, 0.717) is 22.0 Å². The Balaban J connectivity index is 1.91. The second-order valence-electron chi connectivity index (χ2n) is 6.89. The van der Waals surface area contributed by atoms with Gasteiger partial charge in [-0.1, -0.05) is 20.3 Å². The van der Waals surface area contributed by atoms with Crippen LogP contribution in [0.1, 0.15) is 46.5 Å². The molecule has 3 aliphatic rings. The molecular weight excluding hydrogens is 198 g/mol. The highest BCUT2D eigenvalue weighted by Crippen LogP contribution is 2.88. The zero-order valence-corrected chi connectivity index (χ0v) is 11.0. The molecule has 2 nitrogen and oxygen atoms in total. The molecule has 0 aromatic heterocycles. The van der Waals surface area contributed by atoms with Gasteiger partial charge in [0.1, 0.15) is 5.78 Å². The summed E-state index contributed by atoms with van der Waals surface area (Å²) in [6.45, 7) is 7.76. The first-order valence-electron chi connectivity index (χ1n) is 6.59. The van der Waals surface area contributed by atoms with Gasteiger partial charge >= 0.3 is 0 Å². The van der Waals surface area contributed by atoms with E-state index in [2.05, 4.69) is 25.8 Å². The second-order valence-corrected chi connectivity index (χ2v) is 6.89. The summed E-state index contributed by atoms with van der Waals surface area (Å²) in [7, 11) is 2.13. The molecule has 0 aromatic rings. The molecule has 3 fully saturated rings. The first-order chi connectivity index (χ1) is 7.38. The SMILES string of the molecule is CC(=O)[C@@H]1C[C@@]2(CN1C)C(C)(C)C21CCC1. The lowest BCUT2D eigenvalue weighted by Gasteiger charge is -2.32. The lowest BCUT2D eigenvalue weighted by atomic mass is 9.73. The lowest BCUT2D eigenvalue weighted by molar-refractivity contribution is -0.120. The summed E-state index contributed by atoms with van der Waals surface area (Å²) in [6, 6.07) is 0.194. The summed E-state index contributed by atoms with van der Waals surface area (Å²) in [4.78, 5) is 14.0. The summed E-state index contributed by atoms with van der Waals surface area (Å²) >= 11 is 0. The van der Waals surface area contributed by atoms with Crippen molar-refractivity contribution in [1.82, 2.24) is 4.90 Å². The smallest absolute Gasteiger partial charge is 0.146 e. The zero-order valence-electron chi connectivity index (χ0n) is 11.0. The standard InChI is InChI=1S/C14H23NO/c1-10(16)11-8-14(9-15(11)4)12(2,3)13(14)6-5-7-13/h11H,5-9H2,1-4H3/t11-,14+/m0/s1. The molecule has 2 spiro atoms. The molecule has 2 saturated carbocycles. The van der Waals surface area contributed by atoms with E-state index >= 15 is 0 Å². The second kappa shape index (κ2) is 2.72. The van der Waals surface area contributed by atoms with Crippen molar-refractivity contribution in [3.05, 3.63) is 0 Å². The van der Waals surface area contributed by atoms with Crippen LogP contribution in [0.25, 0.3) is 0 Å². The molecule has 0 radical (unpaired) electrons. The Kier molecular flexibility index (Phi) is 1.83. The van der Waals surface area contributed by atoms with Crippen LogP contribution in [0.15, 0.2) is 0 Å². The van der Waals surface area contributed by atoms with Crippen molar-refractivity contribution in [2.24, 2.45) is 16.2 Å². The number of likely N-dealkylation sites (tertiary alicyclic amines) is 1. The molecule has 0 aromatic carbocycles. The van der Waals surface area contributed by atoms with Crippen LogP contribution in [-0.2, 0) is 4.79 Å². The van der Waals surface area contributed by atoms with E-state index in [1.54, 1.807) is 6.92 Å². The zero-order chi connectivity index (χ0) is 11.8. The molecule has 90 valence electrons. The number of Topliss-reactive ketones (excluding diaryl/α,β-unsaturated/α-hetero) is 1. The van der Waals surface area contributed by atoms with Gasteiger partial charge in [0.25, 0.3) is 0 Å². The van der Waals surface area contributed by atoms with Crippen molar-refractivity contribution in [2.45, 2.75) is 52.5 Å². The normalized spacial score (nSPS) is 43.6. The molecule has 2 heteroatoms. The average molecular weight is 221 g/mol. The number of carbonyl (C=O) groups is 1. The largest absolute Gasteiger partial charge is 0.298 e. The Labute approximate surface area is 98.4 Å². The molecule has 0 amide bonds. The van der Waals surface area contributed by atoms with Gasteiger partial charge in [0.2, 0.25) is 0 Å². The topological polar surface area (TPSA) is 20.3 Å². The van der Waals surface area contributed by atoms with Crippen LogP contribution in [0.3, 0.4) is 0 Å². The third-order valence-electron chi connectivity index (χ3n) is 6.52. The number of ketones is 1. The molecule has 1 saturated heterocycles. The Morgan fingerprint density at radius 2 is 1.88 bits per heavy atom. The van der Waals surface area contributed by atoms with E-state index in [1.165, 1.54) is 19.3 Å². The van der Waals surface area contributed by atoms with Crippen LogP contribution in [0, 0.1) is 16.2 Å². The molecule has 0 bridgehead atoms. The van der Waals surface area contributed by atoms with E-state index < -0.39 is 0 Å². The highest BCUT2D eigenvalue weighted by atomic mass is 16.1. The summed E-state index contributed by atoms with van der Waals surface area (Å²) in [5.41, 5.74) is 1.53. The minimum absolute atomic E-state index is 0.194. The van der Waals surface area contributed by atoms with Gasteiger partial charge < -0.3 is 0 Å². The Bertz CT molecular complexity index is 356. The fraction of sp³-hybridized carbons (Fsp3) is 0.929. The van der Waals surface area contributed by atoms with Crippen molar-refractivity contribution in [3.8, 4) is 0 Å². The summed E-state index contributed by atoms with van der Waals surface area (Å²) < 4.78 is 0. The molecule has 16 heavy (non-hydrogen) atoms. The van der Waals surface area contributed by atoms with Crippen molar-refractivity contribution in [1.29, 1.82) is 0 Å². The van der Waals surface area contributed by atoms with Crippen molar-refractivity contribution < 1.29 is 4.79 Å². The third-order valence-corrected chi connectivity index (χ3v) is 6.52. The predicted molar refractivity (Wildman–Crippen MR) is 64.2 cm³/mol. The molecule has 2 aliphatic carbocycles. The number of hydrogen-bond acceptors (Lipinski definition) is 2. The van der Waals surface area contributed by atoms with Crippen molar-refractivity contribution in [3.63, 3.8) is 0 Å². The van der Waals surface area contributed by atoms with Gasteiger partial charge in [0, 0.05) is 6.54 Å². The molecule has 0 unspecified atom stereocenters. The van der Waals surface area contributed by atoms with Gasteiger partial charge in [-0.05, 0) is 49.5 Å².